The van der Waals surface area contributed by atoms with Crippen molar-refractivity contribution < 1.29 is 28.7 Å². The Balaban J connectivity index is 1.71. The average Bonchev–Trinajstić information content (AvgIpc) is 2.84. The number of hydrogen-bond donors (Lipinski definition) is 3. The highest BCUT2D eigenvalue weighted by molar-refractivity contribution is 6.08. The molecule has 8 heteroatoms. The zero-order valence-corrected chi connectivity index (χ0v) is 19.0. The van der Waals surface area contributed by atoms with Gasteiger partial charge in [0.05, 0.1) is 0 Å². The van der Waals surface area contributed by atoms with Gasteiger partial charge in [-0.3, -0.25) is 14.4 Å². The number of rotatable bonds is 10. The Labute approximate surface area is 202 Å². The first-order valence-electron chi connectivity index (χ1n) is 11.0. The van der Waals surface area contributed by atoms with Gasteiger partial charge in [0.1, 0.15) is 17.9 Å². The van der Waals surface area contributed by atoms with Crippen LogP contribution in [0.2, 0.25) is 0 Å². The van der Waals surface area contributed by atoms with Crippen LogP contribution in [-0.4, -0.2) is 40.8 Å². The minimum Gasteiger partial charge on any atom is -0.480 e. The number of benzene rings is 3. The van der Waals surface area contributed by atoms with E-state index in [1.165, 1.54) is 25.1 Å². The number of nitrogens with one attached hydrogen (secondary N) is 2. The third kappa shape index (κ3) is 7.07. The van der Waals surface area contributed by atoms with Crippen LogP contribution in [0.3, 0.4) is 0 Å². The summed E-state index contributed by atoms with van der Waals surface area (Å²) in [4.78, 5) is 48.8. The molecule has 35 heavy (non-hydrogen) atoms. The van der Waals surface area contributed by atoms with Crippen molar-refractivity contribution in [3.63, 3.8) is 0 Å². The predicted molar refractivity (Wildman–Crippen MR) is 127 cm³/mol. The van der Waals surface area contributed by atoms with Crippen LogP contribution in [0.4, 0.5) is 4.39 Å². The lowest BCUT2D eigenvalue weighted by atomic mass is 9.99. The van der Waals surface area contributed by atoms with E-state index in [0.717, 1.165) is 0 Å². The predicted octanol–water partition coefficient (Wildman–Crippen LogP) is 2.92. The fourth-order valence-corrected chi connectivity index (χ4v) is 3.59. The van der Waals surface area contributed by atoms with Crippen LogP contribution in [0, 0.1) is 5.82 Å². The number of amides is 2. The zero-order valence-electron chi connectivity index (χ0n) is 19.0. The van der Waals surface area contributed by atoms with E-state index in [2.05, 4.69) is 10.6 Å². The summed E-state index contributed by atoms with van der Waals surface area (Å²) >= 11 is 0. The van der Waals surface area contributed by atoms with E-state index in [1.54, 1.807) is 54.6 Å². The maximum absolute atomic E-state index is 14.1. The van der Waals surface area contributed by atoms with Crippen molar-refractivity contribution in [1.82, 2.24) is 10.6 Å². The van der Waals surface area contributed by atoms with Crippen LogP contribution in [0.25, 0.3) is 0 Å². The molecule has 180 valence electrons. The molecule has 0 fully saturated rings. The van der Waals surface area contributed by atoms with Crippen molar-refractivity contribution in [3.05, 3.63) is 107 Å². The third-order valence-corrected chi connectivity index (χ3v) is 5.38. The summed E-state index contributed by atoms with van der Waals surface area (Å²) in [7, 11) is 0. The van der Waals surface area contributed by atoms with Crippen LogP contribution in [-0.2, 0) is 27.2 Å². The SMILES string of the molecule is CC(=O)N[C@H](Cc1ccccc1F)C(=O)N[C@H](Cc1ccc(C(=O)c2ccccc2)cc1)C(=O)O. The maximum atomic E-state index is 14.1. The molecular formula is C27H25FN2O5. The van der Waals surface area contributed by atoms with Crippen molar-refractivity contribution in [2.75, 3.05) is 0 Å². The lowest BCUT2D eigenvalue weighted by molar-refractivity contribution is -0.142. The largest absolute Gasteiger partial charge is 0.480 e. The Kier molecular flexibility index (Phi) is 8.45. The molecule has 0 bridgehead atoms. The Morgan fingerprint density at radius 3 is 1.97 bits per heavy atom. The summed E-state index contributed by atoms with van der Waals surface area (Å²) in [6.45, 7) is 1.22. The van der Waals surface area contributed by atoms with Crippen molar-refractivity contribution in [1.29, 1.82) is 0 Å². The van der Waals surface area contributed by atoms with Gasteiger partial charge in [-0.25, -0.2) is 9.18 Å². The minimum absolute atomic E-state index is 0.0482. The second-order valence-corrected chi connectivity index (χ2v) is 8.04. The molecule has 7 nitrogen and oxygen atoms in total. The number of carbonyl (C=O) groups excluding carboxylic acids is 3. The van der Waals surface area contributed by atoms with Crippen LogP contribution < -0.4 is 10.6 Å². The molecule has 3 N–H and O–H groups in total. The molecule has 0 unspecified atom stereocenters. The number of carbonyl (C=O) groups is 4. The molecule has 0 radical (unpaired) electrons. The van der Waals surface area contributed by atoms with Gasteiger partial charge in [0.15, 0.2) is 5.78 Å². The monoisotopic (exact) mass is 476 g/mol. The van der Waals surface area contributed by atoms with E-state index in [9.17, 15) is 28.7 Å². The smallest absolute Gasteiger partial charge is 0.326 e. The molecule has 3 aromatic rings. The molecule has 0 aromatic heterocycles. The second-order valence-electron chi connectivity index (χ2n) is 8.04. The maximum Gasteiger partial charge on any atom is 0.326 e. The lowest BCUT2D eigenvalue weighted by Gasteiger charge is -2.21. The third-order valence-electron chi connectivity index (χ3n) is 5.38. The molecule has 0 heterocycles. The second kappa shape index (κ2) is 11.7. The Hall–Kier alpha value is -4.33. The van der Waals surface area contributed by atoms with E-state index in [1.807, 2.05) is 6.07 Å². The first-order valence-corrected chi connectivity index (χ1v) is 11.0. The highest BCUT2D eigenvalue weighted by Crippen LogP contribution is 2.13. The number of hydrogen-bond acceptors (Lipinski definition) is 4. The molecular weight excluding hydrogens is 451 g/mol. The van der Waals surface area contributed by atoms with E-state index < -0.39 is 35.7 Å². The van der Waals surface area contributed by atoms with Gasteiger partial charge in [0.25, 0.3) is 0 Å². The number of carboxylic acid groups (broad SMARTS) is 1. The summed E-state index contributed by atoms with van der Waals surface area (Å²) in [6, 6.07) is 18.6. The van der Waals surface area contributed by atoms with Gasteiger partial charge < -0.3 is 15.7 Å². The fourth-order valence-electron chi connectivity index (χ4n) is 3.59. The van der Waals surface area contributed by atoms with Crippen molar-refractivity contribution in [2.24, 2.45) is 0 Å². The Bertz CT molecular complexity index is 1210. The minimum atomic E-state index is -1.30. The summed E-state index contributed by atoms with van der Waals surface area (Å²) in [6.07, 6.45) is -0.186. The van der Waals surface area contributed by atoms with Gasteiger partial charge >= 0.3 is 5.97 Å². The molecule has 0 spiro atoms. The van der Waals surface area contributed by atoms with Crippen LogP contribution >= 0.6 is 0 Å². The van der Waals surface area contributed by atoms with Gasteiger partial charge in [-0.05, 0) is 17.2 Å². The summed E-state index contributed by atoms with van der Waals surface area (Å²) < 4.78 is 14.1. The number of aliphatic carboxylic acids is 1. The Morgan fingerprint density at radius 1 is 0.771 bits per heavy atom. The Morgan fingerprint density at radius 2 is 1.37 bits per heavy atom. The molecule has 0 saturated heterocycles. The molecule has 3 aromatic carbocycles. The van der Waals surface area contributed by atoms with Crippen molar-refractivity contribution >= 4 is 23.6 Å². The van der Waals surface area contributed by atoms with Gasteiger partial charge in [-0.2, -0.15) is 0 Å². The first kappa shape index (κ1) is 25.3. The quantitative estimate of drug-likeness (QED) is 0.390. The van der Waals surface area contributed by atoms with Gasteiger partial charge in [0, 0.05) is 30.9 Å². The molecule has 0 aliphatic carbocycles. The van der Waals surface area contributed by atoms with Crippen molar-refractivity contribution in [2.45, 2.75) is 31.8 Å². The van der Waals surface area contributed by atoms with E-state index in [-0.39, 0.29) is 24.2 Å². The molecule has 2 atom stereocenters. The topological polar surface area (TPSA) is 113 Å². The molecule has 3 rings (SSSR count). The van der Waals surface area contributed by atoms with Gasteiger partial charge in [-0.15, -0.1) is 0 Å². The summed E-state index contributed by atoms with van der Waals surface area (Å²) in [5, 5.41) is 14.5. The summed E-state index contributed by atoms with van der Waals surface area (Å²) in [5.74, 6) is -3.21. The van der Waals surface area contributed by atoms with E-state index in [4.69, 9.17) is 0 Å². The molecule has 0 saturated carbocycles. The van der Waals surface area contributed by atoms with Crippen LogP contribution in [0.1, 0.15) is 34.0 Å². The molecule has 0 aliphatic rings. The fraction of sp³-hybridized carbons (Fsp3) is 0.185. The first-order chi connectivity index (χ1) is 16.7. The highest BCUT2D eigenvalue weighted by atomic mass is 19.1. The number of carboxylic acids is 1. The van der Waals surface area contributed by atoms with Crippen LogP contribution in [0.15, 0.2) is 78.9 Å². The number of halogens is 1. The number of ketones is 1. The van der Waals surface area contributed by atoms with E-state index >= 15 is 0 Å². The molecule has 2 amide bonds. The normalized spacial score (nSPS) is 12.3. The van der Waals surface area contributed by atoms with Crippen molar-refractivity contribution in [3.8, 4) is 0 Å². The lowest BCUT2D eigenvalue weighted by Crippen LogP contribution is -2.52. The standard InChI is InChI=1S/C27H25FN2O5/c1-17(31)29-23(16-21-9-5-6-10-22(21)28)26(33)30-24(27(34)35)15-18-11-13-20(14-12-18)25(32)19-7-3-2-4-8-19/h2-14,23-24H,15-16H2,1H3,(H,29,31)(H,30,33)(H,34,35)/t23-,24-/m1/s1. The zero-order chi connectivity index (χ0) is 25.4. The highest BCUT2D eigenvalue weighted by Gasteiger charge is 2.27. The van der Waals surface area contributed by atoms with E-state index in [0.29, 0.717) is 16.7 Å². The van der Waals surface area contributed by atoms with Gasteiger partial charge in [-0.1, -0.05) is 72.8 Å². The van der Waals surface area contributed by atoms with Crippen LogP contribution in [0.5, 0.6) is 0 Å². The summed E-state index contributed by atoms with van der Waals surface area (Å²) in [5.41, 5.74) is 1.79. The van der Waals surface area contributed by atoms with Gasteiger partial charge in [0.2, 0.25) is 11.8 Å². The molecule has 0 aliphatic heterocycles. The average molecular weight is 477 g/mol.